The van der Waals surface area contributed by atoms with Gasteiger partial charge in [0.15, 0.2) is 0 Å². The number of anilines is 1. The summed E-state index contributed by atoms with van der Waals surface area (Å²) in [5.74, 6) is -0.159. The Morgan fingerprint density at radius 3 is 2.16 bits per heavy atom. The van der Waals surface area contributed by atoms with Gasteiger partial charge < -0.3 is 9.47 Å². The number of rotatable bonds is 8. The molecule has 0 unspecified atom stereocenters. The number of nitrogens with zero attached hydrogens (tertiary/aromatic N) is 1. The molecule has 4 aromatic rings. The molecule has 0 radical (unpaired) electrons. The Morgan fingerprint density at radius 2 is 1.55 bits per heavy atom. The fourth-order valence-electron chi connectivity index (χ4n) is 4.55. The summed E-state index contributed by atoms with van der Waals surface area (Å²) in [6.45, 7) is 2.09. The Morgan fingerprint density at radius 1 is 0.947 bits per heavy atom. The zero-order chi connectivity index (χ0) is 26.7. The molecule has 1 aliphatic carbocycles. The fourth-order valence-corrected chi connectivity index (χ4v) is 6.15. The van der Waals surface area contributed by atoms with Crippen molar-refractivity contribution in [2.45, 2.75) is 36.2 Å². The Hall–Kier alpha value is -3.24. The van der Waals surface area contributed by atoms with E-state index in [2.05, 4.69) is 44.4 Å². The minimum Gasteiger partial charge on any atom is -0.468 e. The number of carbonyl (C=O) groups is 2. The first kappa shape index (κ1) is 26.4. The van der Waals surface area contributed by atoms with Gasteiger partial charge in [-0.2, -0.15) is 4.37 Å². The van der Waals surface area contributed by atoms with Gasteiger partial charge >= 0.3 is 12.1 Å². The van der Waals surface area contributed by atoms with E-state index in [1.807, 2.05) is 67.6 Å². The van der Waals surface area contributed by atoms with E-state index in [4.69, 9.17) is 9.47 Å². The van der Waals surface area contributed by atoms with E-state index in [0.717, 1.165) is 61.2 Å². The zero-order valence-electron chi connectivity index (χ0n) is 21.1. The van der Waals surface area contributed by atoms with E-state index < -0.39 is 11.5 Å². The molecule has 1 N–H and O–H groups in total. The number of halogens is 1. The Bertz CT molecular complexity index is 1460. The Kier molecular flexibility index (Phi) is 7.80. The first-order chi connectivity index (χ1) is 18.4. The third kappa shape index (κ3) is 5.33. The van der Waals surface area contributed by atoms with Crippen LogP contribution in [0, 0.1) is 6.92 Å². The minimum absolute atomic E-state index is 0.159. The summed E-state index contributed by atoms with van der Waals surface area (Å²) in [5.41, 5.74) is 7.19. The number of aromatic nitrogens is 1. The number of amides is 1. The lowest BCUT2D eigenvalue weighted by Crippen LogP contribution is -2.21. The van der Waals surface area contributed by atoms with Gasteiger partial charge in [0, 0.05) is 4.43 Å². The Balaban J connectivity index is 1.28. The number of hydrogen-bond donors (Lipinski definition) is 1. The molecular formula is C30H27IN2O4S. The van der Waals surface area contributed by atoms with Crippen molar-refractivity contribution in [2.75, 3.05) is 12.4 Å². The number of ether oxygens (including phenoxy) is 2. The number of alkyl halides is 1. The third-order valence-corrected chi connectivity index (χ3v) is 8.76. The molecular weight excluding hydrogens is 611 g/mol. The van der Waals surface area contributed by atoms with Crippen molar-refractivity contribution in [2.24, 2.45) is 0 Å². The molecule has 6 nitrogen and oxygen atoms in total. The quantitative estimate of drug-likeness (QED) is 0.122. The molecule has 0 atom stereocenters. The topological polar surface area (TPSA) is 77.5 Å². The van der Waals surface area contributed by atoms with Crippen LogP contribution in [0.4, 0.5) is 10.5 Å². The summed E-state index contributed by atoms with van der Waals surface area (Å²) >= 11 is 3.65. The molecule has 1 aliphatic rings. The van der Waals surface area contributed by atoms with Crippen LogP contribution in [0.3, 0.4) is 0 Å². The lowest BCUT2D eigenvalue weighted by Gasteiger charge is -2.13. The summed E-state index contributed by atoms with van der Waals surface area (Å²) in [5, 5.41) is 2.90. The molecule has 1 heterocycles. The molecule has 38 heavy (non-hydrogen) atoms. The molecule has 1 aromatic heterocycles. The van der Waals surface area contributed by atoms with Crippen LogP contribution in [0.15, 0.2) is 72.8 Å². The molecule has 8 heteroatoms. The predicted octanol–water partition coefficient (Wildman–Crippen LogP) is 7.67. The molecule has 194 valence electrons. The summed E-state index contributed by atoms with van der Waals surface area (Å²) in [6, 6.07) is 24.2. The first-order valence-corrected chi connectivity index (χ1v) is 14.6. The van der Waals surface area contributed by atoms with Crippen LogP contribution in [0.5, 0.6) is 0 Å². The predicted molar refractivity (Wildman–Crippen MR) is 159 cm³/mol. The molecule has 0 saturated heterocycles. The molecule has 0 bridgehead atoms. The number of nitrogens with one attached hydrogen (secondary N) is 1. The van der Waals surface area contributed by atoms with Crippen LogP contribution >= 0.6 is 34.1 Å². The summed E-state index contributed by atoms with van der Waals surface area (Å²) in [4.78, 5) is 25.7. The van der Waals surface area contributed by atoms with E-state index in [-0.39, 0.29) is 12.6 Å². The zero-order valence-corrected chi connectivity index (χ0v) is 24.1. The molecule has 1 fully saturated rings. The maximum absolute atomic E-state index is 12.6. The fraction of sp³-hybridized carbons (Fsp3) is 0.233. The van der Waals surface area contributed by atoms with E-state index >= 15 is 0 Å². The second-order valence-electron chi connectivity index (χ2n) is 9.30. The van der Waals surface area contributed by atoms with E-state index in [0.29, 0.717) is 5.69 Å². The van der Waals surface area contributed by atoms with Gasteiger partial charge in [0.1, 0.15) is 6.61 Å². The van der Waals surface area contributed by atoms with Gasteiger partial charge in [-0.25, -0.2) is 4.79 Å². The molecule has 1 saturated carbocycles. The van der Waals surface area contributed by atoms with Crippen LogP contribution in [-0.2, 0) is 30.7 Å². The van der Waals surface area contributed by atoms with Gasteiger partial charge in [-0.3, -0.25) is 10.1 Å². The smallest absolute Gasteiger partial charge is 0.412 e. The highest BCUT2D eigenvalue weighted by molar-refractivity contribution is 14.1. The average molecular weight is 639 g/mol. The number of aryl methyl sites for hydroxylation is 1. The van der Waals surface area contributed by atoms with Crippen molar-refractivity contribution in [3.8, 4) is 21.6 Å². The molecule has 0 spiro atoms. The van der Waals surface area contributed by atoms with Crippen molar-refractivity contribution in [1.29, 1.82) is 0 Å². The lowest BCUT2D eigenvalue weighted by molar-refractivity contribution is -0.143. The Labute approximate surface area is 239 Å². The second kappa shape index (κ2) is 11.2. The summed E-state index contributed by atoms with van der Waals surface area (Å²) in [7, 11) is 1.44. The molecule has 1 amide bonds. The van der Waals surface area contributed by atoms with Gasteiger partial charge in [0.05, 0.1) is 28.8 Å². The summed E-state index contributed by atoms with van der Waals surface area (Å²) in [6.07, 6.45) is 1.16. The summed E-state index contributed by atoms with van der Waals surface area (Å²) < 4.78 is 15.8. The average Bonchev–Trinajstić information content (AvgIpc) is 3.70. The first-order valence-electron chi connectivity index (χ1n) is 12.3. The highest BCUT2D eigenvalue weighted by atomic mass is 127. The van der Waals surface area contributed by atoms with Crippen molar-refractivity contribution < 1.29 is 19.1 Å². The van der Waals surface area contributed by atoms with Gasteiger partial charge in [0.25, 0.3) is 0 Å². The van der Waals surface area contributed by atoms with Crippen LogP contribution in [-0.4, -0.2) is 23.5 Å². The normalized spacial score (nSPS) is 13.6. The van der Waals surface area contributed by atoms with Gasteiger partial charge in [-0.15, -0.1) is 0 Å². The van der Waals surface area contributed by atoms with E-state index in [1.54, 1.807) is 0 Å². The highest BCUT2D eigenvalue weighted by Gasteiger charge is 2.52. The van der Waals surface area contributed by atoms with Gasteiger partial charge in [-0.1, -0.05) is 95.4 Å². The van der Waals surface area contributed by atoms with Crippen molar-refractivity contribution in [3.05, 3.63) is 95.2 Å². The number of esters is 1. The maximum atomic E-state index is 12.6. The minimum atomic E-state index is -0.505. The van der Waals surface area contributed by atoms with Crippen molar-refractivity contribution >= 4 is 51.9 Å². The van der Waals surface area contributed by atoms with Gasteiger partial charge in [-0.05, 0) is 64.7 Å². The van der Waals surface area contributed by atoms with Gasteiger partial charge in [0.2, 0.25) is 0 Å². The van der Waals surface area contributed by atoms with Crippen LogP contribution < -0.4 is 5.32 Å². The highest BCUT2D eigenvalue weighted by Crippen LogP contribution is 2.49. The second-order valence-corrected chi connectivity index (χ2v) is 10.8. The number of carbonyl (C=O) groups excluding carboxylic acids is 2. The maximum Gasteiger partial charge on any atom is 0.412 e. The van der Waals surface area contributed by atoms with Crippen LogP contribution in [0.2, 0.25) is 0 Å². The number of hydrogen-bond acceptors (Lipinski definition) is 6. The molecule has 3 aromatic carbocycles. The standard InChI is InChI=1S/C30H27IN2O4S/c1-19-26(32-29(35)37-18-24-6-4-3-5-23(24)17-31)27(38-33-19)22-9-7-20(8-10-22)21-11-13-25(14-12-21)30(15-16-30)28(34)36-2/h3-14H,15-18H2,1-2H3,(H,32,35). The van der Waals surface area contributed by atoms with Crippen molar-refractivity contribution in [1.82, 2.24) is 4.37 Å². The lowest BCUT2D eigenvalue weighted by atomic mass is 9.93. The molecule has 0 aliphatic heterocycles. The largest absolute Gasteiger partial charge is 0.468 e. The monoisotopic (exact) mass is 638 g/mol. The van der Waals surface area contributed by atoms with E-state index in [9.17, 15) is 9.59 Å². The van der Waals surface area contributed by atoms with Crippen molar-refractivity contribution in [3.63, 3.8) is 0 Å². The molecule has 5 rings (SSSR count). The van der Waals surface area contributed by atoms with Crippen LogP contribution in [0.25, 0.3) is 21.6 Å². The SMILES string of the molecule is COC(=O)C1(c2ccc(-c3ccc(-c4snc(C)c4NC(=O)OCc4ccccc4CI)cc3)cc2)CC1. The number of benzene rings is 3. The third-order valence-electron chi connectivity index (χ3n) is 6.95. The van der Waals surface area contributed by atoms with E-state index in [1.165, 1.54) is 18.6 Å². The number of methoxy groups -OCH3 is 1. The van der Waals surface area contributed by atoms with Crippen LogP contribution in [0.1, 0.15) is 35.2 Å².